The van der Waals surface area contributed by atoms with Gasteiger partial charge in [0.15, 0.2) is 0 Å². The number of amidine groups is 1. The second kappa shape index (κ2) is 6.78. The molecule has 5 heteroatoms. The van der Waals surface area contributed by atoms with Crippen LogP contribution in [-0.4, -0.2) is 23.0 Å². The Labute approximate surface area is 115 Å². The average Bonchev–Trinajstić information content (AvgIpc) is 2.77. The van der Waals surface area contributed by atoms with E-state index >= 15 is 0 Å². The van der Waals surface area contributed by atoms with E-state index in [1.54, 1.807) is 0 Å². The molecule has 1 fully saturated rings. The Balaban J connectivity index is 2.63. The van der Waals surface area contributed by atoms with E-state index in [0.717, 1.165) is 32.1 Å². The molecule has 0 radical (unpaired) electrons. The van der Waals surface area contributed by atoms with Gasteiger partial charge in [-0.25, -0.2) is 0 Å². The van der Waals surface area contributed by atoms with Crippen molar-refractivity contribution in [1.82, 2.24) is 5.32 Å². The Kier molecular flexibility index (Phi) is 5.63. The molecule has 1 unspecified atom stereocenters. The van der Waals surface area contributed by atoms with E-state index < -0.39 is 0 Å². The van der Waals surface area contributed by atoms with Crippen molar-refractivity contribution >= 4 is 11.7 Å². The summed E-state index contributed by atoms with van der Waals surface area (Å²) in [6.45, 7) is 6.20. The highest BCUT2D eigenvalue weighted by Crippen LogP contribution is 2.43. The van der Waals surface area contributed by atoms with Crippen LogP contribution in [0.2, 0.25) is 0 Å². The number of nitrogens with zero attached hydrogens (tertiary/aromatic N) is 1. The van der Waals surface area contributed by atoms with Crippen molar-refractivity contribution in [3.63, 3.8) is 0 Å². The molecule has 1 atom stereocenters. The summed E-state index contributed by atoms with van der Waals surface area (Å²) in [5.41, 5.74) is 5.26. The van der Waals surface area contributed by atoms with E-state index in [4.69, 9.17) is 10.9 Å². The first-order valence-electron chi connectivity index (χ1n) is 7.17. The van der Waals surface area contributed by atoms with Gasteiger partial charge in [0.25, 0.3) is 0 Å². The smallest absolute Gasteiger partial charge is 0.226 e. The monoisotopic (exact) mass is 269 g/mol. The first kappa shape index (κ1) is 15.8. The summed E-state index contributed by atoms with van der Waals surface area (Å²) >= 11 is 0. The van der Waals surface area contributed by atoms with Crippen LogP contribution in [0.5, 0.6) is 0 Å². The minimum absolute atomic E-state index is 0.104. The van der Waals surface area contributed by atoms with Crippen LogP contribution in [0.15, 0.2) is 5.16 Å². The van der Waals surface area contributed by atoms with E-state index in [2.05, 4.69) is 24.3 Å². The number of oxime groups is 1. The van der Waals surface area contributed by atoms with Gasteiger partial charge in [-0.05, 0) is 32.1 Å². The molecule has 19 heavy (non-hydrogen) atoms. The van der Waals surface area contributed by atoms with Gasteiger partial charge in [0.1, 0.15) is 5.84 Å². The highest BCUT2D eigenvalue weighted by Gasteiger charge is 2.41. The first-order chi connectivity index (χ1) is 8.89. The van der Waals surface area contributed by atoms with Crippen LogP contribution < -0.4 is 11.1 Å². The Morgan fingerprint density at radius 1 is 1.37 bits per heavy atom. The molecule has 0 bridgehead atoms. The lowest BCUT2D eigenvalue weighted by atomic mass is 9.77. The fraction of sp³-hybridized carbons (Fsp3) is 0.857. The minimum atomic E-state index is -0.201. The molecule has 4 N–H and O–H groups in total. The average molecular weight is 269 g/mol. The molecule has 1 amide bonds. The standard InChI is InChI=1S/C14H27N3O2/c1-10(2)9-14(6-4-5-7-14)13(18)16-11(3)8-12(15)17-19/h10-11,19H,4-9H2,1-3H3,(H2,15,17)(H,16,18). The van der Waals surface area contributed by atoms with Gasteiger partial charge in [-0.1, -0.05) is 31.8 Å². The molecular formula is C14H27N3O2. The molecule has 0 aromatic heterocycles. The summed E-state index contributed by atoms with van der Waals surface area (Å²) in [4.78, 5) is 12.5. The number of hydrogen-bond acceptors (Lipinski definition) is 3. The second-order valence-corrected chi connectivity index (χ2v) is 6.26. The fourth-order valence-electron chi connectivity index (χ4n) is 3.14. The van der Waals surface area contributed by atoms with Crippen LogP contribution in [0.4, 0.5) is 0 Å². The molecule has 0 aromatic rings. The van der Waals surface area contributed by atoms with Crippen molar-refractivity contribution in [2.45, 2.75) is 65.3 Å². The van der Waals surface area contributed by atoms with Crippen LogP contribution >= 0.6 is 0 Å². The van der Waals surface area contributed by atoms with Crippen molar-refractivity contribution in [3.8, 4) is 0 Å². The van der Waals surface area contributed by atoms with Gasteiger partial charge >= 0.3 is 0 Å². The summed E-state index contributed by atoms with van der Waals surface area (Å²) in [6.07, 6.45) is 5.54. The Hall–Kier alpha value is -1.26. The molecule has 1 saturated carbocycles. The summed E-state index contributed by atoms with van der Waals surface area (Å²) in [5, 5.41) is 14.5. The van der Waals surface area contributed by atoms with Crippen LogP contribution in [0, 0.1) is 11.3 Å². The van der Waals surface area contributed by atoms with Crippen molar-refractivity contribution < 1.29 is 10.0 Å². The van der Waals surface area contributed by atoms with E-state index in [1.807, 2.05) is 6.92 Å². The van der Waals surface area contributed by atoms with Crippen molar-refractivity contribution in [1.29, 1.82) is 0 Å². The number of hydrogen-bond donors (Lipinski definition) is 3. The van der Waals surface area contributed by atoms with Crippen LogP contribution in [0.3, 0.4) is 0 Å². The van der Waals surface area contributed by atoms with Crippen LogP contribution in [-0.2, 0) is 4.79 Å². The third kappa shape index (κ3) is 4.40. The Morgan fingerprint density at radius 3 is 2.42 bits per heavy atom. The SMILES string of the molecule is CC(C)CC1(C(=O)NC(C)CC(N)=NO)CCCC1. The number of nitrogens with two attached hydrogens (primary N) is 1. The van der Waals surface area contributed by atoms with E-state index in [-0.39, 0.29) is 23.2 Å². The summed E-state index contributed by atoms with van der Waals surface area (Å²) in [5.74, 6) is 0.803. The van der Waals surface area contributed by atoms with Crippen LogP contribution in [0.1, 0.15) is 59.3 Å². The number of carbonyl (C=O) groups excluding carboxylic acids is 1. The maximum absolute atomic E-state index is 12.5. The Morgan fingerprint density at radius 2 is 1.95 bits per heavy atom. The normalized spacial score (nSPS) is 20.5. The molecule has 1 rings (SSSR count). The lowest BCUT2D eigenvalue weighted by molar-refractivity contribution is -0.132. The highest BCUT2D eigenvalue weighted by atomic mass is 16.4. The molecule has 1 aliphatic rings. The number of amides is 1. The zero-order valence-electron chi connectivity index (χ0n) is 12.3. The first-order valence-corrected chi connectivity index (χ1v) is 7.17. The van der Waals surface area contributed by atoms with E-state index in [0.29, 0.717) is 12.3 Å². The fourth-order valence-corrected chi connectivity index (χ4v) is 3.14. The summed E-state index contributed by atoms with van der Waals surface area (Å²) in [6, 6.07) is -0.104. The predicted molar refractivity (Wildman–Crippen MR) is 76.0 cm³/mol. The lowest BCUT2D eigenvalue weighted by Gasteiger charge is -2.31. The van der Waals surface area contributed by atoms with Gasteiger partial charge in [-0.15, -0.1) is 0 Å². The lowest BCUT2D eigenvalue weighted by Crippen LogP contribution is -2.45. The van der Waals surface area contributed by atoms with Gasteiger partial charge in [-0.3, -0.25) is 4.79 Å². The molecular weight excluding hydrogens is 242 g/mol. The van der Waals surface area contributed by atoms with Gasteiger partial charge in [-0.2, -0.15) is 0 Å². The predicted octanol–water partition coefficient (Wildman–Crippen LogP) is 2.23. The minimum Gasteiger partial charge on any atom is -0.409 e. The molecule has 110 valence electrons. The van der Waals surface area contributed by atoms with Crippen LogP contribution in [0.25, 0.3) is 0 Å². The van der Waals surface area contributed by atoms with Gasteiger partial charge in [0, 0.05) is 17.9 Å². The molecule has 0 heterocycles. The highest BCUT2D eigenvalue weighted by molar-refractivity contribution is 5.85. The molecule has 0 spiro atoms. The zero-order valence-corrected chi connectivity index (χ0v) is 12.3. The number of rotatable bonds is 6. The van der Waals surface area contributed by atoms with E-state index in [1.165, 1.54) is 0 Å². The molecule has 5 nitrogen and oxygen atoms in total. The topological polar surface area (TPSA) is 87.7 Å². The maximum atomic E-state index is 12.5. The largest absolute Gasteiger partial charge is 0.409 e. The quantitative estimate of drug-likeness (QED) is 0.299. The maximum Gasteiger partial charge on any atom is 0.226 e. The van der Waals surface area contributed by atoms with Gasteiger partial charge in [0.2, 0.25) is 5.91 Å². The number of carbonyl (C=O) groups is 1. The molecule has 0 aromatic carbocycles. The molecule has 0 aliphatic heterocycles. The third-order valence-electron chi connectivity index (χ3n) is 3.86. The number of nitrogens with one attached hydrogen (secondary N) is 1. The van der Waals surface area contributed by atoms with Gasteiger partial charge in [0.05, 0.1) is 0 Å². The Bertz CT molecular complexity index is 334. The summed E-state index contributed by atoms with van der Waals surface area (Å²) < 4.78 is 0. The third-order valence-corrected chi connectivity index (χ3v) is 3.86. The summed E-state index contributed by atoms with van der Waals surface area (Å²) in [7, 11) is 0. The van der Waals surface area contributed by atoms with Crippen molar-refractivity contribution in [2.24, 2.45) is 22.2 Å². The molecule has 0 saturated heterocycles. The van der Waals surface area contributed by atoms with E-state index in [9.17, 15) is 4.79 Å². The van der Waals surface area contributed by atoms with Crippen molar-refractivity contribution in [2.75, 3.05) is 0 Å². The molecule has 1 aliphatic carbocycles. The van der Waals surface area contributed by atoms with Crippen molar-refractivity contribution in [3.05, 3.63) is 0 Å². The second-order valence-electron chi connectivity index (χ2n) is 6.26. The van der Waals surface area contributed by atoms with Gasteiger partial charge < -0.3 is 16.3 Å². The zero-order chi connectivity index (χ0) is 14.5.